The lowest BCUT2D eigenvalue weighted by Gasteiger charge is -2.15. The number of carboxylic acid groups (broad SMARTS) is 1. The van der Waals surface area contributed by atoms with E-state index in [4.69, 9.17) is 14.6 Å². The highest BCUT2D eigenvalue weighted by atomic mass is 16.7. The molecule has 0 saturated carbocycles. The molecule has 0 aromatic heterocycles. The van der Waals surface area contributed by atoms with E-state index < -0.39 is 18.4 Å². The second-order valence-electron chi connectivity index (χ2n) is 2.14. The van der Waals surface area contributed by atoms with E-state index in [1.807, 2.05) is 6.92 Å². The van der Waals surface area contributed by atoms with Crippen molar-refractivity contribution in [2.45, 2.75) is 33.2 Å². The summed E-state index contributed by atoms with van der Waals surface area (Å²) < 4.78 is 9.91. The number of carboxylic acids is 1. The third-order valence-electron chi connectivity index (χ3n) is 1.14. The first-order chi connectivity index (χ1) is 5.07. The summed E-state index contributed by atoms with van der Waals surface area (Å²) in [6.07, 6.45) is -1.26. The van der Waals surface area contributed by atoms with E-state index in [0.717, 1.165) is 0 Å². The van der Waals surface area contributed by atoms with Crippen molar-refractivity contribution in [2.75, 3.05) is 6.61 Å². The summed E-state index contributed by atoms with van der Waals surface area (Å²) >= 11 is 0. The lowest BCUT2D eigenvalue weighted by molar-refractivity contribution is -0.179. The summed E-state index contributed by atoms with van der Waals surface area (Å²) in [6, 6.07) is 0. The van der Waals surface area contributed by atoms with E-state index in [2.05, 4.69) is 0 Å². The van der Waals surface area contributed by atoms with E-state index in [1.54, 1.807) is 6.92 Å². The quantitative estimate of drug-likeness (QED) is 0.609. The van der Waals surface area contributed by atoms with Crippen molar-refractivity contribution in [3.05, 3.63) is 0 Å². The third-order valence-corrected chi connectivity index (χ3v) is 1.14. The van der Waals surface area contributed by atoms with Crippen molar-refractivity contribution < 1.29 is 19.4 Å². The molecule has 0 radical (unpaired) electrons. The van der Waals surface area contributed by atoms with Crippen molar-refractivity contribution in [3.8, 4) is 0 Å². The number of rotatable bonds is 5. The Bertz CT molecular complexity index is 124. The zero-order chi connectivity index (χ0) is 8.85. The summed E-state index contributed by atoms with van der Waals surface area (Å²) in [5, 5.41) is 8.42. The van der Waals surface area contributed by atoms with Crippen LogP contribution in [0.1, 0.15) is 20.8 Å². The van der Waals surface area contributed by atoms with Gasteiger partial charge in [-0.15, -0.1) is 0 Å². The van der Waals surface area contributed by atoms with Gasteiger partial charge in [-0.25, -0.2) is 4.79 Å². The van der Waals surface area contributed by atoms with Gasteiger partial charge in [0.15, 0.2) is 12.4 Å². The zero-order valence-electron chi connectivity index (χ0n) is 7.03. The smallest absolute Gasteiger partial charge is 0.332 e. The van der Waals surface area contributed by atoms with Crippen LogP contribution in [0, 0.1) is 0 Å². The highest BCUT2D eigenvalue weighted by molar-refractivity contribution is 5.71. The summed E-state index contributed by atoms with van der Waals surface area (Å²) in [5.74, 6) is -0.975. The maximum atomic E-state index is 10.3. The lowest BCUT2D eigenvalue weighted by atomic mass is 10.4. The molecule has 66 valence electrons. The van der Waals surface area contributed by atoms with Crippen LogP contribution in [0.15, 0.2) is 0 Å². The SMILES string of the molecule is CCOC(C)OC(C)C(=O)O. The fraction of sp³-hybridized carbons (Fsp3) is 0.857. The maximum Gasteiger partial charge on any atom is 0.332 e. The number of carbonyl (C=O) groups is 1. The standard InChI is InChI=1S/C7H14O4/c1-4-10-6(3)11-5(2)7(8)9/h5-6H,4H2,1-3H3,(H,8,9). The highest BCUT2D eigenvalue weighted by Gasteiger charge is 2.14. The molecule has 0 bridgehead atoms. The van der Waals surface area contributed by atoms with E-state index in [9.17, 15) is 4.79 Å². The molecule has 0 aliphatic heterocycles. The number of ether oxygens (including phenoxy) is 2. The van der Waals surface area contributed by atoms with Gasteiger partial charge in [0.1, 0.15) is 0 Å². The van der Waals surface area contributed by atoms with Gasteiger partial charge < -0.3 is 14.6 Å². The first-order valence-corrected chi connectivity index (χ1v) is 3.57. The molecule has 0 heterocycles. The molecular weight excluding hydrogens is 148 g/mol. The minimum atomic E-state index is -0.975. The lowest BCUT2D eigenvalue weighted by Crippen LogP contribution is -2.26. The molecule has 11 heavy (non-hydrogen) atoms. The van der Waals surface area contributed by atoms with Crippen molar-refractivity contribution in [3.63, 3.8) is 0 Å². The molecule has 0 aliphatic carbocycles. The molecule has 4 nitrogen and oxygen atoms in total. The van der Waals surface area contributed by atoms with Gasteiger partial charge in [0, 0.05) is 6.61 Å². The average Bonchev–Trinajstić information content (AvgIpc) is 1.87. The molecule has 2 atom stereocenters. The number of hydrogen-bond acceptors (Lipinski definition) is 3. The van der Waals surface area contributed by atoms with Gasteiger partial charge in [0.05, 0.1) is 0 Å². The molecule has 0 spiro atoms. The molecule has 0 aromatic carbocycles. The van der Waals surface area contributed by atoms with Crippen LogP contribution in [0.3, 0.4) is 0 Å². The minimum Gasteiger partial charge on any atom is -0.479 e. The Hall–Kier alpha value is -0.610. The fourth-order valence-corrected chi connectivity index (χ4v) is 0.620. The Balaban J connectivity index is 3.56. The third kappa shape index (κ3) is 4.75. The van der Waals surface area contributed by atoms with E-state index in [-0.39, 0.29) is 0 Å². The molecule has 0 aromatic rings. The van der Waals surface area contributed by atoms with Gasteiger partial charge in [-0.05, 0) is 20.8 Å². The predicted molar refractivity (Wildman–Crippen MR) is 39.3 cm³/mol. The summed E-state index contributed by atoms with van der Waals surface area (Å²) in [7, 11) is 0. The van der Waals surface area contributed by atoms with Gasteiger partial charge >= 0.3 is 5.97 Å². The van der Waals surface area contributed by atoms with Gasteiger partial charge in [-0.2, -0.15) is 0 Å². The van der Waals surface area contributed by atoms with Crippen LogP contribution in [0.25, 0.3) is 0 Å². The first kappa shape index (κ1) is 10.4. The summed E-state index contributed by atoms with van der Waals surface area (Å²) in [4.78, 5) is 10.3. The summed E-state index contributed by atoms with van der Waals surface area (Å²) in [6.45, 7) is 5.49. The van der Waals surface area contributed by atoms with Gasteiger partial charge in [-0.1, -0.05) is 0 Å². The Labute approximate surface area is 66.1 Å². The normalized spacial score (nSPS) is 15.9. The van der Waals surface area contributed by atoms with Crippen LogP contribution in [0.4, 0.5) is 0 Å². The molecule has 0 aliphatic rings. The zero-order valence-corrected chi connectivity index (χ0v) is 7.03. The Morgan fingerprint density at radius 1 is 1.55 bits per heavy atom. The van der Waals surface area contributed by atoms with Crippen molar-refractivity contribution >= 4 is 5.97 Å². The van der Waals surface area contributed by atoms with Crippen molar-refractivity contribution in [1.82, 2.24) is 0 Å². The van der Waals surface area contributed by atoms with Gasteiger partial charge in [-0.3, -0.25) is 0 Å². The van der Waals surface area contributed by atoms with Crippen LogP contribution in [-0.2, 0) is 14.3 Å². The van der Waals surface area contributed by atoms with E-state index in [0.29, 0.717) is 6.61 Å². The number of aliphatic carboxylic acids is 1. The predicted octanol–water partition coefficient (Wildman–Crippen LogP) is 0.859. The minimum absolute atomic E-state index is 0.453. The van der Waals surface area contributed by atoms with E-state index in [1.165, 1.54) is 6.92 Å². The topological polar surface area (TPSA) is 55.8 Å². The van der Waals surface area contributed by atoms with Crippen molar-refractivity contribution in [1.29, 1.82) is 0 Å². The monoisotopic (exact) mass is 162 g/mol. The van der Waals surface area contributed by atoms with Crippen LogP contribution >= 0.6 is 0 Å². The van der Waals surface area contributed by atoms with Crippen LogP contribution < -0.4 is 0 Å². The van der Waals surface area contributed by atoms with Crippen LogP contribution in [0.2, 0.25) is 0 Å². The van der Waals surface area contributed by atoms with E-state index >= 15 is 0 Å². The maximum absolute atomic E-state index is 10.3. The van der Waals surface area contributed by atoms with Crippen LogP contribution in [0.5, 0.6) is 0 Å². The molecule has 0 fully saturated rings. The summed E-state index contributed by atoms with van der Waals surface area (Å²) in [5.41, 5.74) is 0. The molecule has 4 heteroatoms. The molecule has 0 rings (SSSR count). The molecule has 2 unspecified atom stereocenters. The Morgan fingerprint density at radius 2 is 2.09 bits per heavy atom. The molecular formula is C7H14O4. The number of hydrogen-bond donors (Lipinski definition) is 1. The fourth-order valence-electron chi connectivity index (χ4n) is 0.620. The Morgan fingerprint density at radius 3 is 2.45 bits per heavy atom. The molecule has 0 amide bonds. The second kappa shape index (κ2) is 5.09. The largest absolute Gasteiger partial charge is 0.479 e. The average molecular weight is 162 g/mol. The van der Waals surface area contributed by atoms with Gasteiger partial charge in [0.2, 0.25) is 0 Å². The van der Waals surface area contributed by atoms with Crippen molar-refractivity contribution in [2.24, 2.45) is 0 Å². The first-order valence-electron chi connectivity index (χ1n) is 3.57. The highest BCUT2D eigenvalue weighted by Crippen LogP contribution is 1.99. The second-order valence-corrected chi connectivity index (χ2v) is 2.14. The molecule has 0 saturated heterocycles. The molecule has 1 N–H and O–H groups in total. The van der Waals surface area contributed by atoms with Crippen LogP contribution in [-0.4, -0.2) is 30.1 Å². The van der Waals surface area contributed by atoms with Gasteiger partial charge in [0.25, 0.3) is 0 Å². The Kier molecular flexibility index (Phi) is 4.81.